The lowest BCUT2D eigenvalue weighted by Crippen LogP contribution is -2.61. The summed E-state index contributed by atoms with van der Waals surface area (Å²) in [6, 6.07) is -1.85. The number of hydrazine groups is 2. The minimum absolute atomic E-state index is 0.0740. The third kappa shape index (κ3) is 16.0. The molecule has 0 bridgehead atoms. The molecule has 0 aliphatic carbocycles. The number of rotatable bonds is 14. The fraction of sp³-hybridized carbons (Fsp3) is 0.545. The summed E-state index contributed by atoms with van der Waals surface area (Å²) in [7, 11) is 0. The molecule has 1 aliphatic heterocycles. The summed E-state index contributed by atoms with van der Waals surface area (Å²) >= 11 is 0. The Kier molecular flexibility index (Phi) is 20.2. The van der Waals surface area contributed by atoms with Crippen molar-refractivity contribution in [2.45, 2.75) is 87.2 Å². The van der Waals surface area contributed by atoms with E-state index in [2.05, 4.69) is 43.0 Å². The standard InChI is InChI=1S/C33H50N10O12/c34-26(48)13-23(43-40-19(14-44)15-45)32(54)37-21-9-10-27(49)36-11-5-4-8-20(30(35)52)41-42-22(12-18-6-2-1-3-7-18)28(50)29(51)24(16-46)38-33(55)25(17-47)39-31(21)53/h1-3,6-7,14,19-25,40-43,45-47H,4-5,8-13,15-17H2,(H2,34,48)(H2,35,52)(H,36,49)(H,37,54)(H,38,55)(H,39,53)/t19-,20?,21?,22+,23+,24+,25+/m1/s1. The highest BCUT2D eigenvalue weighted by Gasteiger charge is 2.35. The van der Waals surface area contributed by atoms with Gasteiger partial charge in [-0.2, -0.15) is 0 Å². The number of carbonyl (C=O) groups excluding carboxylic acids is 9. The van der Waals surface area contributed by atoms with Gasteiger partial charge in [-0.1, -0.05) is 30.3 Å². The molecule has 22 heteroatoms. The number of benzene rings is 1. The quantitative estimate of drug-likeness (QED) is 0.0474. The van der Waals surface area contributed by atoms with E-state index in [9.17, 15) is 58.5 Å². The van der Waals surface area contributed by atoms with E-state index in [1.54, 1.807) is 30.3 Å². The van der Waals surface area contributed by atoms with E-state index < -0.39 is 116 Å². The number of aliphatic hydroxyl groups is 3. The molecule has 7 atom stereocenters. The SMILES string of the molecule is NC(=O)C[C@H](NN[C@H](C=O)CO)C(=O)NC1CCC(=O)NCCCCC(C(N)=O)NN[C@@H](Cc2ccccc2)C(=O)C(=O)[C@H](CO)NC(=O)[C@H](CO)NC1=O. The van der Waals surface area contributed by atoms with Crippen LogP contribution in [0.25, 0.3) is 0 Å². The maximum atomic E-state index is 13.5. The largest absolute Gasteiger partial charge is 0.394 e. The Balaban J connectivity index is 2.41. The normalized spacial score (nSPS) is 23.8. The van der Waals surface area contributed by atoms with Gasteiger partial charge in [-0.3, -0.25) is 38.4 Å². The molecule has 304 valence electrons. The molecule has 55 heavy (non-hydrogen) atoms. The summed E-state index contributed by atoms with van der Waals surface area (Å²) in [5, 5.41) is 38.6. The fourth-order valence-electron chi connectivity index (χ4n) is 5.17. The van der Waals surface area contributed by atoms with Crippen LogP contribution in [0.1, 0.15) is 44.1 Å². The highest BCUT2D eigenvalue weighted by molar-refractivity contribution is 6.41. The molecule has 2 rings (SSSR count). The van der Waals surface area contributed by atoms with E-state index >= 15 is 0 Å². The predicted molar refractivity (Wildman–Crippen MR) is 190 cm³/mol. The lowest BCUT2D eigenvalue weighted by atomic mass is 9.97. The molecule has 15 N–H and O–H groups in total. The Morgan fingerprint density at radius 1 is 0.836 bits per heavy atom. The Morgan fingerprint density at radius 3 is 2.09 bits per heavy atom. The summed E-state index contributed by atoms with van der Waals surface area (Å²) in [6.07, 6.45) is -0.314. The Labute approximate surface area is 315 Å². The van der Waals surface area contributed by atoms with Crippen LogP contribution in [0.15, 0.2) is 30.3 Å². The van der Waals surface area contributed by atoms with Crippen molar-refractivity contribution in [3.05, 3.63) is 35.9 Å². The first kappa shape index (κ1) is 45.9. The van der Waals surface area contributed by atoms with Gasteiger partial charge in [0.15, 0.2) is 0 Å². The topological polar surface area (TPSA) is 363 Å². The second-order valence-corrected chi connectivity index (χ2v) is 12.6. The number of Topliss-reactive ketones (excluding diaryl/α,β-unsaturated/α-hetero) is 2. The maximum Gasteiger partial charge on any atom is 0.245 e. The molecule has 6 amide bonds. The van der Waals surface area contributed by atoms with Crippen molar-refractivity contribution in [2.75, 3.05) is 26.4 Å². The van der Waals surface area contributed by atoms with Gasteiger partial charge in [-0.25, -0.2) is 21.7 Å². The lowest BCUT2D eigenvalue weighted by Gasteiger charge is -2.26. The van der Waals surface area contributed by atoms with Crippen LogP contribution in [0, 0.1) is 0 Å². The van der Waals surface area contributed by atoms with Gasteiger partial charge in [0.1, 0.15) is 30.5 Å². The van der Waals surface area contributed by atoms with Crippen LogP contribution in [-0.4, -0.2) is 137 Å². The Morgan fingerprint density at radius 2 is 1.49 bits per heavy atom. The average molecular weight is 779 g/mol. The number of amides is 6. The van der Waals surface area contributed by atoms with Crippen molar-refractivity contribution in [1.82, 2.24) is 43.0 Å². The molecule has 2 unspecified atom stereocenters. The van der Waals surface area contributed by atoms with Crippen LogP contribution >= 0.6 is 0 Å². The second kappa shape index (κ2) is 24.2. The monoisotopic (exact) mass is 778 g/mol. The van der Waals surface area contributed by atoms with Gasteiger partial charge < -0.3 is 52.8 Å². The number of aldehydes is 1. The smallest absolute Gasteiger partial charge is 0.245 e. The zero-order valence-electron chi connectivity index (χ0n) is 30.0. The van der Waals surface area contributed by atoms with Gasteiger partial charge in [0, 0.05) is 13.0 Å². The number of aliphatic hydroxyl groups excluding tert-OH is 3. The number of hydrogen-bond donors (Lipinski definition) is 13. The molecular weight excluding hydrogens is 728 g/mol. The average Bonchev–Trinajstić information content (AvgIpc) is 3.16. The summed E-state index contributed by atoms with van der Waals surface area (Å²) < 4.78 is 0. The van der Waals surface area contributed by atoms with E-state index in [1.165, 1.54) is 0 Å². The summed E-state index contributed by atoms with van der Waals surface area (Å²) in [5.74, 6) is -8.04. The van der Waals surface area contributed by atoms with Gasteiger partial charge in [0.05, 0.1) is 44.4 Å². The number of ketones is 2. The van der Waals surface area contributed by atoms with E-state index in [0.29, 0.717) is 24.7 Å². The number of carbonyl (C=O) groups is 9. The first-order valence-electron chi connectivity index (χ1n) is 17.4. The molecule has 1 fully saturated rings. The van der Waals surface area contributed by atoms with Gasteiger partial charge >= 0.3 is 0 Å². The first-order chi connectivity index (χ1) is 26.2. The zero-order valence-corrected chi connectivity index (χ0v) is 30.0. The predicted octanol–water partition coefficient (Wildman–Crippen LogP) is -6.90. The molecular formula is C33H50N10O12. The highest BCUT2D eigenvalue weighted by Crippen LogP contribution is 2.08. The number of nitrogens with two attached hydrogens (primary N) is 2. The molecule has 0 spiro atoms. The van der Waals surface area contributed by atoms with E-state index in [0.717, 1.165) is 0 Å². The number of hydrogen-bond acceptors (Lipinski definition) is 16. The lowest BCUT2D eigenvalue weighted by molar-refractivity contribution is -0.141. The van der Waals surface area contributed by atoms with Crippen molar-refractivity contribution < 1.29 is 58.5 Å². The first-order valence-corrected chi connectivity index (χ1v) is 17.4. The molecule has 0 radical (unpaired) electrons. The fourth-order valence-corrected chi connectivity index (χ4v) is 5.17. The molecule has 0 saturated carbocycles. The van der Waals surface area contributed by atoms with E-state index in [1.807, 2.05) is 0 Å². The maximum absolute atomic E-state index is 13.5. The summed E-state index contributed by atoms with van der Waals surface area (Å²) in [6.45, 7) is -2.70. The van der Waals surface area contributed by atoms with Gasteiger partial charge in [0.2, 0.25) is 47.0 Å². The molecule has 1 saturated heterocycles. The van der Waals surface area contributed by atoms with Crippen LogP contribution in [-0.2, 0) is 49.6 Å². The van der Waals surface area contributed by atoms with Crippen molar-refractivity contribution in [2.24, 2.45) is 11.5 Å². The molecule has 0 aromatic heterocycles. The minimum Gasteiger partial charge on any atom is -0.394 e. The molecule has 1 aromatic carbocycles. The van der Waals surface area contributed by atoms with Crippen molar-refractivity contribution in [3.8, 4) is 0 Å². The molecule has 1 aliphatic rings. The third-order valence-electron chi connectivity index (χ3n) is 8.31. The third-order valence-corrected chi connectivity index (χ3v) is 8.31. The van der Waals surface area contributed by atoms with Crippen LogP contribution in [0.2, 0.25) is 0 Å². The minimum atomic E-state index is -1.85. The van der Waals surface area contributed by atoms with Crippen LogP contribution in [0.3, 0.4) is 0 Å². The number of nitrogens with one attached hydrogen (secondary N) is 8. The van der Waals surface area contributed by atoms with Crippen LogP contribution < -0.4 is 54.4 Å². The van der Waals surface area contributed by atoms with Gasteiger partial charge in [-0.05, 0) is 37.7 Å². The van der Waals surface area contributed by atoms with E-state index in [-0.39, 0.29) is 32.2 Å². The van der Waals surface area contributed by atoms with E-state index in [4.69, 9.17) is 11.5 Å². The molecule has 1 heterocycles. The van der Waals surface area contributed by atoms with Gasteiger partial charge in [0.25, 0.3) is 0 Å². The molecule has 1 aromatic rings. The van der Waals surface area contributed by atoms with Gasteiger partial charge in [-0.15, -0.1) is 0 Å². The highest BCUT2D eigenvalue weighted by atomic mass is 16.3. The van der Waals surface area contributed by atoms with Crippen LogP contribution in [0.4, 0.5) is 0 Å². The molecule has 22 nitrogen and oxygen atoms in total. The van der Waals surface area contributed by atoms with Crippen molar-refractivity contribution >= 4 is 53.3 Å². The number of primary amides is 2. The Bertz CT molecular complexity index is 1500. The summed E-state index contributed by atoms with van der Waals surface area (Å²) in [5.41, 5.74) is 21.5. The second-order valence-electron chi connectivity index (χ2n) is 12.6. The summed E-state index contributed by atoms with van der Waals surface area (Å²) in [4.78, 5) is 115. The van der Waals surface area contributed by atoms with Crippen molar-refractivity contribution in [3.63, 3.8) is 0 Å². The van der Waals surface area contributed by atoms with Crippen LogP contribution in [0.5, 0.6) is 0 Å². The van der Waals surface area contributed by atoms with Crippen molar-refractivity contribution in [1.29, 1.82) is 0 Å². The zero-order chi connectivity index (χ0) is 40.9. The Hall–Kier alpha value is -5.23.